The fourth-order valence-electron chi connectivity index (χ4n) is 0.614. The first-order valence-electron chi connectivity index (χ1n) is 2.96. The van der Waals surface area contributed by atoms with E-state index in [1.165, 1.54) is 0 Å². The second kappa shape index (κ2) is 1.83. The molecule has 3 N–H and O–H groups in total. The summed E-state index contributed by atoms with van der Waals surface area (Å²) >= 11 is 0. The SMILES string of the molecule is CC1(C)COC(N)=CN1. The molecule has 0 saturated heterocycles. The largest absolute Gasteiger partial charge is 0.476 e. The van der Waals surface area contributed by atoms with Gasteiger partial charge in [-0.1, -0.05) is 0 Å². The Morgan fingerprint density at radius 3 is 2.78 bits per heavy atom. The number of nitrogens with one attached hydrogen (secondary N) is 1. The van der Waals surface area contributed by atoms with Gasteiger partial charge in [-0.05, 0) is 13.8 Å². The van der Waals surface area contributed by atoms with Crippen LogP contribution in [-0.4, -0.2) is 12.1 Å². The van der Waals surface area contributed by atoms with E-state index in [2.05, 4.69) is 19.2 Å². The summed E-state index contributed by atoms with van der Waals surface area (Å²) in [5, 5.41) is 3.10. The van der Waals surface area contributed by atoms with Crippen LogP contribution in [0.4, 0.5) is 0 Å². The first-order valence-corrected chi connectivity index (χ1v) is 2.96. The Balaban J connectivity index is 2.56. The van der Waals surface area contributed by atoms with Crippen molar-refractivity contribution in [3.63, 3.8) is 0 Å². The number of nitrogens with two attached hydrogens (primary N) is 1. The lowest BCUT2D eigenvalue weighted by atomic mass is 10.1. The van der Waals surface area contributed by atoms with Crippen LogP contribution in [0.15, 0.2) is 12.1 Å². The summed E-state index contributed by atoms with van der Waals surface area (Å²) in [7, 11) is 0. The Morgan fingerprint density at radius 2 is 2.44 bits per heavy atom. The molecular formula is C6H12N2O. The molecule has 3 nitrogen and oxygen atoms in total. The van der Waals surface area contributed by atoms with Crippen LogP contribution in [-0.2, 0) is 4.74 Å². The Kier molecular flexibility index (Phi) is 1.27. The highest BCUT2D eigenvalue weighted by atomic mass is 16.5. The summed E-state index contributed by atoms with van der Waals surface area (Å²) in [6.07, 6.45) is 1.68. The molecule has 0 aromatic heterocycles. The Bertz CT molecular complexity index is 140. The summed E-state index contributed by atoms with van der Waals surface area (Å²) in [6.45, 7) is 4.74. The molecule has 52 valence electrons. The first kappa shape index (κ1) is 6.26. The molecule has 0 aromatic carbocycles. The van der Waals surface area contributed by atoms with Gasteiger partial charge in [-0.15, -0.1) is 0 Å². The third kappa shape index (κ3) is 1.52. The number of hydrogen-bond acceptors (Lipinski definition) is 3. The van der Waals surface area contributed by atoms with Gasteiger partial charge in [0.15, 0.2) is 5.88 Å². The smallest absolute Gasteiger partial charge is 0.200 e. The maximum absolute atomic E-state index is 5.33. The van der Waals surface area contributed by atoms with Crippen LogP contribution < -0.4 is 11.1 Å². The highest BCUT2D eigenvalue weighted by molar-refractivity contribution is 4.96. The Labute approximate surface area is 54.9 Å². The number of hydrogen-bond donors (Lipinski definition) is 2. The van der Waals surface area contributed by atoms with E-state index >= 15 is 0 Å². The van der Waals surface area contributed by atoms with Gasteiger partial charge in [0.1, 0.15) is 6.61 Å². The normalized spacial score (nSPS) is 23.6. The lowest BCUT2D eigenvalue weighted by molar-refractivity contribution is 0.123. The zero-order chi connectivity index (χ0) is 6.91. The van der Waals surface area contributed by atoms with Gasteiger partial charge in [-0.25, -0.2) is 0 Å². The minimum Gasteiger partial charge on any atom is -0.476 e. The molecule has 0 saturated carbocycles. The van der Waals surface area contributed by atoms with Crippen molar-refractivity contribution in [1.29, 1.82) is 0 Å². The molecule has 0 atom stereocenters. The van der Waals surface area contributed by atoms with E-state index < -0.39 is 0 Å². The summed E-state index contributed by atoms with van der Waals surface area (Å²) in [5.41, 5.74) is 5.36. The molecule has 0 unspecified atom stereocenters. The van der Waals surface area contributed by atoms with E-state index in [1.807, 2.05) is 0 Å². The van der Waals surface area contributed by atoms with Crippen molar-refractivity contribution >= 4 is 0 Å². The quantitative estimate of drug-likeness (QED) is 0.488. The molecule has 3 heteroatoms. The number of ether oxygens (including phenoxy) is 1. The van der Waals surface area contributed by atoms with Crippen LogP contribution in [0.25, 0.3) is 0 Å². The summed E-state index contributed by atoms with van der Waals surface area (Å²) in [5.74, 6) is 0.467. The Morgan fingerprint density at radius 1 is 1.78 bits per heavy atom. The van der Waals surface area contributed by atoms with Crippen LogP contribution in [0.2, 0.25) is 0 Å². The van der Waals surface area contributed by atoms with Gasteiger partial charge in [-0.2, -0.15) is 0 Å². The zero-order valence-corrected chi connectivity index (χ0v) is 5.77. The summed E-state index contributed by atoms with van der Waals surface area (Å²) in [4.78, 5) is 0. The van der Waals surface area contributed by atoms with E-state index in [4.69, 9.17) is 10.5 Å². The van der Waals surface area contributed by atoms with Gasteiger partial charge < -0.3 is 15.8 Å². The first-order chi connectivity index (χ1) is 4.10. The van der Waals surface area contributed by atoms with E-state index in [9.17, 15) is 0 Å². The molecule has 0 aliphatic carbocycles. The highest BCUT2D eigenvalue weighted by Crippen LogP contribution is 2.08. The fraction of sp³-hybridized carbons (Fsp3) is 0.667. The average molecular weight is 128 g/mol. The van der Waals surface area contributed by atoms with Gasteiger partial charge in [-0.3, -0.25) is 0 Å². The molecule has 0 aromatic rings. The van der Waals surface area contributed by atoms with Gasteiger partial charge in [0.25, 0.3) is 0 Å². The van der Waals surface area contributed by atoms with Gasteiger partial charge >= 0.3 is 0 Å². The van der Waals surface area contributed by atoms with Crippen molar-refractivity contribution in [1.82, 2.24) is 5.32 Å². The molecule has 0 amide bonds. The van der Waals surface area contributed by atoms with Gasteiger partial charge in [0.05, 0.1) is 11.7 Å². The minimum absolute atomic E-state index is 0.0306. The molecule has 1 aliphatic rings. The predicted octanol–water partition coefficient (Wildman–Crippen LogP) is 0.142. The molecular weight excluding hydrogens is 116 g/mol. The van der Waals surface area contributed by atoms with E-state index in [1.54, 1.807) is 6.20 Å². The topological polar surface area (TPSA) is 47.3 Å². The maximum Gasteiger partial charge on any atom is 0.200 e. The molecule has 1 rings (SSSR count). The molecule has 1 heterocycles. The molecule has 9 heavy (non-hydrogen) atoms. The van der Waals surface area contributed by atoms with Gasteiger partial charge in [0, 0.05) is 0 Å². The van der Waals surface area contributed by atoms with Crippen molar-refractivity contribution in [2.45, 2.75) is 19.4 Å². The van der Waals surface area contributed by atoms with Crippen LogP contribution in [0.5, 0.6) is 0 Å². The Hall–Kier alpha value is -0.860. The third-order valence-electron chi connectivity index (χ3n) is 1.20. The number of rotatable bonds is 0. The third-order valence-corrected chi connectivity index (χ3v) is 1.20. The lowest BCUT2D eigenvalue weighted by Crippen LogP contribution is -2.44. The highest BCUT2D eigenvalue weighted by Gasteiger charge is 2.20. The van der Waals surface area contributed by atoms with Crippen LogP contribution >= 0.6 is 0 Å². The summed E-state index contributed by atoms with van der Waals surface area (Å²) < 4.78 is 5.07. The molecule has 1 aliphatic heterocycles. The van der Waals surface area contributed by atoms with E-state index in [0.717, 1.165) is 0 Å². The standard InChI is InChI=1S/C6H12N2O/c1-6(2)4-9-5(7)3-8-6/h3,8H,4,7H2,1-2H3. The van der Waals surface area contributed by atoms with Gasteiger partial charge in [0.2, 0.25) is 0 Å². The minimum atomic E-state index is 0.0306. The summed E-state index contributed by atoms with van der Waals surface area (Å²) in [6, 6.07) is 0. The van der Waals surface area contributed by atoms with Crippen molar-refractivity contribution in [3.8, 4) is 0 Å². The monoisotopic (exact) mass is 128 g/mol. The molecule has 0 fully saturated rings. The zero-order valence-electron chi connectivity index (χ0n) is 5.77. The van der Waals surface area contributed by atoms with E-state index in [-0.39, 0.29) is 5.54 Å². The fourth-order valence-corrected chi connectivity index (χ4v) is 0.614. The lowest BCUT2D eigenvalue weighted by Gasteiger charge is -2.29. The molecule has 0 spiro atoms. The maximum atomic E-state index is 5.33. The second-order valence-corrected chi connectivity index (χ2v) is 2.86. The molecule has 0 radical (unpaired) electrons. The van der Waals surface area contributed by atoms with Crippen LogP contribution in [0.1, 0.15) is 13.8 Å². The second-order valence-electron chi connectivity index (χ2n) is 2.86. The van der Waals surface area contributed by atoms with Crippen LogP contribution in [0, 0.1) is 0 Å². The van der Waals surface area contributed by atoms with Crippen molar-refractivity contribution in [2.24, 2.45) is 5.73 Å². The average Bonchev–Trinajstić information content (AvgIpc) is 1.78. The molecule has 0 bridgehead atoms. The van der Waals surface area contributed by atoms with Crippen molar-refractivity contribution in [2.75, 3.05) is 6.61 Å². The van der Waals surface area contributed by atoms with Crippen LogP contribution in [0.3, 0.4) is 0 Å². The van der Waals surface area contributed by atoms with Crippen molar-refractivity contribution < 1.29 is 4.74 Å². The van der Waals surface area contributed by atoms with Crippen molar-refractivity contribution in [3.05, 3.63) is 12.1 Å². The predicted molar refractivity (Wildman–Crippen MR) is 35.4 cm³/mol. The van der Waals surface area contributed by atoms with E-state index in [0.29, 0.717) is 12.5 Å².